The summed E-state index contributed by atoms with van der Waals surface area (Å²) in [6.45, 7) is 12.4. The lowest BCUT2D eigenvalue weighted by Gasteiger charge is -2.48. The molecule has 0 amide bonds. The zero-order valence-electron chi connectivity index (χ0n) is 14.3. The van der Waals surface area contributed by atoms with Gasteiger partial charge in [-0.1, -0.05) is 47.4 Å². The molecule has 1 saturated heterocycles. The molecule has 0 aliphatic carbocycles. The fraction of sp³-hybridized carbons (Fsp3) is 1.00. The molecule has 21 heavy (non-hydrogen) atoms. The van der Waals surface area contributed by atoms with Crippen molar-refractivity contribution in [2.75, 3.05) is 0 Å². The lowest BCUT2D eigenvalue weighted by atomic mass is 9.15. The number of hydrogen-bond acceptors (Lipinski definition) is 6. The molecule has 0 bridgehead atoms. The Morgan fingerprint density at radius 1 is 0.810 bits per heavy atom. The van der Waals surface area contributed by atoms with Crippen molar-refractivity contribution >= 4 is 42.7 Å². The quantitative estimate of drug-likeness (QED) is 0.463. The molecule has 0 saturated carbocycles. The van der Waals surface area contributed by atoms with E-state index in [9.17, 15) is 0 Å². The van der Waals surface area contributed by atoms with Gasteiger partial charge in [-0.15, -0.1) is 0 Å². The Kier molecular flexibility index (Phi) is 7.43. The molecule has 2 radical (unpaired) electrons. The summed E-state index contributed by atoms with van der Waals surface area (Å²) in [5, 5.41) is 3.17. The fourth-order valence-corrected chi connectivity index (χ4v) is 2.47. The second kappa shape index (κ2) is 8.13. The molecule has 1 aliphatic heterocycles. The van der Waals surface area contributed by atoms with Crippen molar-refractivity contribution in [3.05, 3.63) is 0 Å². The van der Waals surface area contributed by atoms with Crippen LogP contribution in [0.5, 0.6) is 0 Å². The van der Waals surface area contributed by atoms with Gasteiger partial charge in [-0.25, -0.2) is 0 Å². The Morgan fingerprint density at radius 2 is 1.19 bits per heavy atom. The Balaban J connectivity index is 3.06. The number of hydrogen-bond donors (Lipinski definition) is 4. The number of rotatable bonds is 6. The SMILES string of the molecule is CC(C)B(N)B1N(B(N)C(C)C)[B]N[B]N1B(N)C(C)C. The first-order valence-corrected chi connectivity index (χ1v) is 7.92. The summed E-state index contributed by atoms with van der Waals surface area (Å²) in [5.41, 5.74) is 19.2. The summed E-state index contributed by atoms with van der Waals surface area (Å²) >= 11 is 0. The normalized spacial score (nSPS) is 17.2. The largest absolute Gasteiger partial charge is 0.395 e. The van der Waals surface area contributed by atoms with Gasteiger partial charge in [-0.2, -0.15) is 0 Å². The van der Waals surface area contributed by atoms with E-state index >= 15 is 0 Å². The molecule has 0 aromatic rings. The van der Waals surface area contributed by atoms with Crippen LogP contribution in [0.4, 0.5) is 0 Å². The average molecular weight is 285 g/mol. The van der Waals surface area contributed by atoms with Crippen molar-refractivity contribution in [1.82, 2.24) is 14.4 Å². The lowest BCUT2D eigenvalue weighted by Crippen LogP contribution is -2.82. The van der Waals surface area contributed by atoms with Crippen LogP contribution >= 0.6 is 0 Å². The Morgan fingerprint density at radius 3 is 1.48 bits per heavy atom. The molecule has 6 nitrogen and oxygen atoms in total. The van der Waals surface area contributed by atoms with E-state index in [1.54, 1.807) is 0 Å². The third-order valence-corrected chi connectivity index (χ3v) is 4.23. The van der Waals surface area contributed by atoms with Gasteiger partial charge in [0.25, 0.3) is 29.1 Å². The van der Waals surface area contributed by atoms with Crippen LogP contribution < -0.4 is 22.1 Å². The van der Waals surface area contributed by atoms with Gasteiger partial charge in [-0.3, -0.25) is 0 Å². The van der Waals surface area contributed by atoms with E-state index in [1.807, 2.05) is 15.1 Å². The Bertz CT molecular complexity index is 299. The first-order valence-electron chi connectivity index (χ1n) is 7.92. The molecule has 0 aromatic carbocycles. The van der Waals surface area contributed by atoms with Crippen LogP contribution in [-0.2, 0) is 0 Å². The van der Waals surface area contributed by atoms with Crippen LogP contribution in [0, 0.1) is 0 Å². The van der Waals surface area contributed by atoms with E-state index in [0.29, 0.717) is 17.5 Å². The summed E-state index contributed by atoms with van der Waals surface area (Å²) in [6, 6.07) is 0. The third kappa shape index (κ3) is 4.56. The van der Waals surface area contributed by atoms with Gasteiger partial charge >= 0.3 is 0 Å². The molecule has 12 heteroatoms. The minimum absolute atomic E-state index is 0.0407. The minimum Gasteiger partial charge on any atom is -0.395 e. The van der Waals surface area contributed by atoms with Gasteiger partial charge in [-0.05, 0) is 11.6 Å². The highest BCUT2D eigenvalue weighted by atomic mass is 15.2. The van der Waals surface area contributed by atoms with Gasteiger partial charge in [0.15, 0.2) is 0 Å². The molecule has 112 valence electrons. The van der Waals surface area contributed by atoms with E-state index in [-0.39, 0.29) is 27.6 Å². The van der Waals surface area contributed by atoms with Crippen LogP contribution in [0.2, 0.25) is 17.5 Å². The van der Waals surface area contributed by atoms with Gasteiger partial charge < -0.3 is 31.3 Å². The smallest absolute Gasteiger partial charge is 0.286 e. The first-order chi connectivity index (χ1) is 9.68. The number of nitrogens with two attached hydrogens (primary N) is 3. The van der Waals surface area contributed by atoms with E-state index < -0.39 is 0 Å². The van der Waals surface area contributed by atoms with E-state index in [0.717, 1.165) is 0 Å². The van der Waals surface area contributed by atoms with Gasteiger partial charge in [0, 0.05) is 0 Å². The minimum atomic E-state index is -0.108. The van der Waals surface area contributed by atoms with Gasteiger partial charge in [0.2, 0.25) is 13.6 Å². The van der Waals surface area contributed by atoms with Crippen LogP contribution in [0.25, 0.3) is 0 Å². The Hall–Kier alpha value is 0.150. The summed E-state index contributed by atoms with van der Waals surface area (Å²) in [5.74, 6) is 0.971. The average Bonchev–Trinajstić information content (AvgIpc) is 2.43. The topological polar surface area (TPSA) is 96.6 Å². The molecule has 0 atom stereocenters. The van der Waals surface area contributed by atoms with Gasteiger partial charge in [0.05, 0.1) is 0 Å². The second-order valence-electron chi connectivity index (χ2n) is 7.02. The van der Waals surface area contributed by atoms with Crippen LogP contribution in [0.3, 0.4) is 0 Å². The highest BCUT2D eigenvalue weighted by Gasteiger charge is 2.48. The van der Waals surface area contributed by atoms with Crippen molar-refractivity contribution in [1.29, 1.82) is 0 Å². The third-order valence-electron chi connectivity index (χ3n) is 4.23. The number of nitrogens with one attached hydrogen (secondary N) is 1. The first kappa shape index (κ1) is 19.2. The summed E-state index contributed by atoms with van der Waals surface area (Å²) < 4.78 is 4.22. The predicted octanol–water partition coefficient (Wildman–Crippen LogP) is -1.10. The highest BCUT2D eigenvalue weighted by molar-refractivity contribution is 7.26. The lowest BCUT2D eigenvalue weighted by molar-refractivity contribution is 0.786. The zero-order chi connectivity index (χ0) is 16.3. The highest BCUT2D eigenvalue weighted by Crippen LogP contribution is 2.19. The molecule has 0 aromatic heterocycles. The molecule has 1 rings (SSSR count). The summed E-state index contributed by atoms with van der Waals surface area (Å²) in [6.07, 6.45) is 0. The van der Waals surface area contributed by atoms with Crippen molar-refractivity contribution in [2.45, 2.75) is 59.0 Å². The van der Waals surface area contributed by atoms with Crippen LogP contribution in [-0.4, -0.2) is 51.9 Å². The van der Waals surface area contributed by atoms with E-state index in [4.69, 9.17) is 16.9 Å². The molecular formula is C9H28B6N6. The molecule has 1 aliphatic rings. The molecule has 1 heterocycles. The molecule has 7 N–H and O–H groups in total. The second-order valence-corrected chi connectivity index (χ2v) is 7.02. The molecule has 0 spiro atoms. The summed E-state index contributed by atoms with van der Waals surface area (Å²) in [4.78, 5) is 0. The van der Waals surface area contributed by atoms with Crippen molar-refractivity contribution in [2.24, 2.45) is 16.9 Å². The van der Waals surface area contributed by atoms with Crippen LogP contribution in [0.1, 0.15) is 41.5 Å². The summed E-state index contributed by atoms with van der Waals surface area (Å²) in [7, 11) is 3.84. The van der Waals surface area contributed by atoms with Crippen molar-refractivity contribution < 1.29 is 0 Å². The van der Waals surface area contributed by atoms with Crippen LogP contribution in [0.15, 0.2) is 0 Å². The standard InChI is InChI=1S/C9H28B6N6/c1-7(2)12(16)15-20(13(17)8(3)4)10-19-11-21(15)14(18)9(5)6/h7-9,19H,16-18H2,1-6H3. The maximum absolute atomic E-state index is 6.49. The maximum Gasteiger partial charge on any atom is 0.286 e. The monoisotopic (exact) mass is 286 g/mol. The van der Waals surface area contributed by atoms with E-state index in [1.165, 1.54) is 0 Å². The maximum atomic E-state index is 6.49. The molecular weight excluding hydrogens is 257 g/mol. The molecule has 0 unspecified atom stereocenters. The van der Waals surface area contributed by atoms with Gasteiger partial charge in [0.1, 0.15) is 0 Å². The van der Waals surface area contributed by atoms with Crippen molar-refractivity contribution in [3.8, 4) is 0 Å². The zero-order valence-corrected chi connectivity index (χ0v) is 14.3. The number of nitrogens with zero attached hydrogens (tertiary/aromatic N) is 2. The fourth-order valence-electron chi connectivity index (χ4n) is 2.47. The predicted molar refractivity (Wildman–Crippen MR) is 99.2 cm³/mol. The van der Waals surface area contributed by atoms with Crippen molar-refractivity contribution in [3.63, 3.8) is 0 Å². The molecule has 1 fully saturated rings. The van der Waals surface area contributed by atoms with E-state index in [2.05, 4.69) is 55.9 Å². The Labute approximate surface area is 133 Å².